The number of carbonyl (C=O) groups excluding carboxylic acids is 1. The first-order valence-electron chi connectivity index (χ1n) is 7.19. The summed E-state index contributed by atoms with van der Waals surface area (Å²) < 4.78 is 2.69. The number of rotatable bonds is 4. The van der Waals surface area contributed by atoms with Gasteiger partial charge in [-0.05, 0) is 32.0 Å². The monoisotopic (exact) mass is 325 g/mol. The average molecular weight is 326 g/mol. The van der Waals surface area contributed by atoms with Gasteiger partial charge in [0, 0.05) is 25.3 Å². The first kappa shape index (κ1) is 16.5. The number of hydrogen-bond acceptors (Lipinski definition) is 4. The number of fused-ring (bicyclic) bond motifs is 1. The van der Waals surface area contributed by atoms with Crippen molar-refractivity contribution in [2.75, 3.05) is 20.1 Å². The van der Waals surface area contributed by atoms with E-state index in [-0.39, 0.29) is 36.6 Å². The van der Waals surface area contributed by atoms with Crippen molar-refractivity contribution in [1.29, 1.82) is 0 Å². The molecule has 2 aromatic heterocycles. The van der Waals surface area contributed by atoms with E-state index in [9.17, 15) is 9.59 Å². The van der Waals surface area contributed by atoms with Crippen LogP contribution in [0.4, 0.5) is 0 Å². The number of nitrogens with zero attached hydrogens (tertiary/aromatic N) is 4. The minimum absolute atomic E-state index is 0. The lowest BCUT2D eigenvalue weighted by Gasteiger charge is -2.24. The van der Waals surface area contributed by atoms with Crippen molar-refractivity contribution in [2.24, 2.45) is 0 Å². The molecule has 8 heteroatoms. The van der Waals surface area contributed by atoms with E-state index in [2.05, 4.69) is 10.4 Å². The van der Waals surface area contributed by atoms with E-state index in [0.717, 1.165) is 25.9 Å². The molecule has 1 fully saturated rings. The maximum atomic E-state index is 12.4. The van der Waals surface area contributed by atoms with Crippen molar-refractivity contribution in [3.05, 3.63) is 34.9 Å². The predicted molar refractivity (Wildman–Crippen MR) is 85.4 cm³/mol. The number of pyridine rings is 1. The molecule has 1 unspecified atom stereocenters. The highest BCUT2D eigenvalue weighted by Gasteiger charge is 2.28. The number of aromatic nitrogens is 3. The molecule has 0 saturated carbocycles. The molecule has 0 aromatic carbocycles. The van der Waals surface area contributed by atoms with E-state index in [4.69, 9.17) is 0 Å². The van der Waals surface area contributed by atoms with Gasteiger partial charge in [-0.25, -0.2) is 9.48 Å². The van der Waals surface area contributed by atoms with Gasteiger partial charge in [0.15, 0.2) is 5.65 Å². The summed E-state index contributed by atoms with van der Waals surface area (Å²) in [5.74, 6) is -0.0433. The van der Waals surface area contributed by atoms with Crippen LogP contribution in [0.5, 0.6) is 0 Å². The zero-order valence-corrected chi connectivity index (χ0v) is 13.3. The van der Waals surface area contributed by atoms with Gasteiger partial charge in [0.25, 0.3) is 0 Å². The van der Waals surface area contributed by atoms with E-state index in [0.29, 0.717) is 5.65 Å². The van der Waals surface area contributed by atoms with Crippen LogP contribution in [-0.4, -0.2) is 51.2 Å². The van der Waals surface area contributed by atoms with Gasteiger partial charge in [0.1, 0.15) is 6.54 Å². The fourth-order valence-corrected chi connectivity index (χ4v) is 2.90. The largest absolute Gasteiger partial charge is 0.350 e. The van der Waals surface area contributed by atoms with Crippen LogP contribution in [0.25, 0.3) is 5.65 Å². The predicted octanol–water partition coefficient (Wildman–Crippen LogP) is 0.128. The van der Waals surface area contributed by atoms with Gasteiger partial charge in [-0.2, -0.15) is 0 Å². The number of likely N-dealkylation sites (tertiary alicyclic amines) is 1. The Morgan fingerprint density at radius 1 is 1.45 bits per heavy atom. The summed E-state index contributed by atoms with van der Waals surface area (Å²) in [6.45, 7) is 1.54. The molecule has 1 saturated heterocycles. The van der Waals surface area contributed by atoms with Gasteiger partial charge in [0.05, 0.1) is 0 Å². The van der Waals surface area contributed by atoms with Crippen LogP contribution in [0.1, 0.15) is 12.8 Å². The van der Waals surface area contributed by atoms with E-state index >= 15 is 0 Å². The second kappa shape index (κ2) is 6.93. The summed E-state index contributed by atoms with van der Waals surface area (Å²) in [6, 6.07) is 5.56. The zero-order valence-electron chi connectivity index (χ0n) is 12.4. The number of likely N-dealkylation sites (N-methyl/N-ethyl adjacent to an activating group) is 1. The Morgan fingerprint density at radius 2 is 2.27 bits per heavy atom. The third-order valence-corrected chi connectivity index (χ3v) is 3.91. The number of hydrogen-bond donors (Lipinski definition) is 1. The standard InChI is InChI=1S/C14H19N5O2.ClH/c1-15-9-11-5-4-8-17(11)13(20)10-19-14(21)18-7-3-2-6-12(18)16-19;/h2-3,6-7,11,15H,4-5,8-10H2,1H3;1H. The van der Waals surface area contributed by atoms with Crippen LogP contribution in [0, 0.1) is 0 Å². The molecule has 0 aliphatic carbocycles. The molecule has 120 valence electrons. The highest BCUT2D eigenvalue weighted by atomic mass is 35.5. The summed E-state index contributed by atoms with van der Waals surface area (Å²) in [5.41, 5.74) is 0.284. The van der Waals surface area contributed by atoms with Gasteiger partial charge in [-0.15, -0.1) is 17.5 Å². The summed E-state index contributed by atoms with van der Waals surface area (Å²) >= 11 is 0. The highest BCUT2D eigenvalue weighted by Crippen LogP contribution is 2.16. The number of halogens is 1. The third kappa shape index (κ3) is 3.00. The van der Waals surface area contributed by atoms with Crippen LogP contribution in [0.15, 0.2) is 29.2 Å². The Kier molecular flexibility index (Phi) is 5.20. The molecule has 1 N–H and O–H groups in total. The average Bonchev–Trinajstić information content (AvgIpc) is 3.06. The topological polar surface area (TPSA) is 71.6 Å². The molecular formula is C14H20ClN5O2. The first-order valence-corrected chi connectivity index (χ1v) is 7.19. The van der Waals surface area contributed by atoms with Gasteiger partial charge in [-0.3, -0.25) is 9.20 Å². The molecule has 2 aromatic rings. The maximum Gasteiger partial charge on any atom is 0.350 e. The molecule has 1 aliphatic rings. The molecule has 3 heterocycles. The molecular weight excluding hydrogens is 306 g/mol. The van der Waals surface area contributed by atoms with Crippen molar-refractivity contribution in [2.45, 2.75) is 25.4 Å². The molecule has 0 spiro atoms. The number of amides is 1. The van der Waals surface area contributed by atoms with E-state index in [1.54, 1.807) is 18.3 Å². The van der Waals surface area contributed by atoms with Crippen molar-refractivity contribution >= 4 is 24.0 Å². The van der Waals surface area contributed by atoms with Crippen molar-refractivity contribution < 1.29 is 4.79 Å². The van der Waals surface area contributed by atoms with Crippen molar-refractivity contribution in [3.8, 4) is 0 Å². The van der Waals surface area contributed by atoms with Crippen LogP contribution in [-0.2, 0) is 11.3 Å². The Morgan fingerprint density at radius 3 is 3.00 bits per heavy atom. The summed E-state index contributed by atoms with van der Waals surface area (Å²) in [5, 5.41) is 7.31. The number of nitrogens with one attached hydrogen (secondary N) is 1. The highest BCUT2D eigenvalue weighted by molar-refractivity contribution is 5.85. The summed E-state index contributed by atoms with van der Waals surface area (Å²) in [7, 11) is 1.88. The molecule has 7 nitrogen and oxygen atoms in total. The molecule has 1 amide bonds. The van der Waals surface area contributed by atoms with Gasteiger partial charge >= 0.3 is 5.69 Å². The SMILES string of the molecule is CNCC1CCCN1C(=O)Cn1nc2ccccn2c1=O.Cl. The number of carbonyl (C=O) groups is 1. The minimum Gasteiger partial charge on any atom is -0.337 e. The fourth-order valence-electron chi connectivity index (χ4n) is 2.90. The normalized spacial score (nSPS) is 17.7. The Hall–Kier alpha value is -1.86. The second-order valence-corrected chi connectivity index (χ2v) is 5.31. The van der Waals surface area contributed by atoms with E-state index in [1.165, 1.54) is 9.08 Å². The Bertz CT molecular complexity index is 711. The van der Waals surface area contributed by atoms with Gasteiger partial charge in [-0.1, -0.05) is 6.07 Å². The molecule has 22 heavy (non-hydrogen) atoms. The third-order valence-electron chi connectivity index (χ3n) is 3.91. The van der Waals surface area contributed by atoms with Crippen LogP contribution in [0.2, 0.25) is 0 Å². The minimum atomic E-state index is -0.275. The second-order valence-electron chi connectivity index (χ2n) is 5.31. The molecule has 0 radical (unpaired) electrons. The van der Waals surface area contributed by atoms with Crippen molar-refractivity contribution in [3.63, 3.8) is 0 Å². The first-order chi connectivity index (χ1) is 10.2. The van der Waals surface area contributed by atoms with Crippen LogP contribution >= 0.6 is 12.4 Å². The van der Waals surface area contributed by atoms with Crippen LogP contribution in [0.3, 0.4) is 0 Å². The molecule has 1 atom stereocenters. The summed E-state index contributed by atoms with van der Waals surface area (Å²) in [6.07, 6.45) is 3.68. The summed E-state index contributed by atoms with van der Waals surface area (Å²) in [4.78, 5) is 26.4. The molecule has 3 rings (SSSR count). The molecule has 1 aliphatic heterocycles. The smallest absolute Gasteiger partial charge is 0.337 e. The maximum absolute atomic E-state index is 12.4. The zero-order chi connectivity index (χ0) is 14.8. The van der Waals surface area contributed by atoms with Gasteiger partial charge in [0.2, 0.25) is 5.91 Å². The lowest BCUT2D eigenvalue weighted by molar-refractivity contribution is -0.132. The van der Waals surface area contributed by atoms with Crippen molar-refractivity contribution in [1.82, 2.24) is 24.4 Å². The lowest BCUT2D eigenvalue weighted by atomic mass is 10.2. The lowest BCUT2D eigenvalue weighted by Crippen LogP contribution is -2.43. The van der Waals surface area contributed by atoms with E-state index < -0.39 is 0 Å². The van der Waals surface area contributed by atoms with Gasteiger partial charge < -0.3 is 10.2 Å². The quantitative estimate of drug-likeness (QED) is 0.867. The Balaban J connectivity index is 0.00000176. The fraction of sp³-hybridized carbons (Fsp3) is 0.500. The Labute approximate surface area is 134 Å². The van der Waals surface area contributed by atoms with Crippen LogP contribution < -0.4 is 11.0 Å². The molecule has 0 bridgehead atoms. The van der Waals surface area contributed by atoms with E-state index in [1.807, 2.05) is 18.0 Å².